The van der Waals surface area contributed by atoms with Gasteiger partial charge in [0.15, 0.2) is 22.6 Å². The lowest BCUT2D eigenvalue weighted by Crippen LogP contribution is -2.30. The quantitative estimate of drug-likeness (QED) is 0.379. The zero-order valence-electron chi connectivity index (χ0n) is 14.4. The molecule has 1 aromatic carbocycles. The number of para-hydroxylation sites is 2. The van der Waals surface area contributed by atoms with Gasteiger partial charge in [-0.3, -0.25) is 14.9 Å². The number of esters is 1. The Labute approximate surface area is 162 Å². The molecule has 0 radical (unpaired) electrons. The number of carbonyl (C=O) groups is 2. The number of ether oxygens (including phenoxy) is 1. The normalized spacial score (nSPS) is 11.5. The number of amides is 1. The van der Waals surface area contributed by atoms with Crippen molar-refractivity contribution < 1.29 is 19.2 Å². The second-order valence-corrected chi connectivity index (χ2v) is 6.28. The first-order chi connectivity index (χ1) is 13.5. The van der Waals surface area contributed by atoms with Crippen molar-refractivity contribution in [2.45, 2.75) is 13.0 Å². The standard InChI is InChI=1S/C17H13N5O5S/c1-10(15(23)20-11-5-2-3-6-13(11)22(25)26)27-17(24)12-9-28-16(21-12)14-18-7-4-8-19-14/h2-10H,1H3,(H,20,23)/t10-/m0/s1. The fraction of sp³-hybridized carbons (Fsp3) is 0.118. The Morgan fingerprint density at radius 2 is 1.93 bits per heavy atom. The van der Waals surface area contributed by atoms with Crippen LogP contribution in [0.3, 0.4) is 0 Å². The van der Waals surface area contributed by atoms with Gasteiger partial charge in [0.05, 0.1) is 4.92 Å². The maximum atomic E-state index is 12.2. The van der Waals surface area contributed by atoms with Crippen molar-refractivity contribution in [2.75, 3.05) is 5.32 Å². The third-order valence-electron chi connectivity index (χ3n) is 3.48. The second kappa shape index (κ2) is 8.31. The molecule has 0 aliphatic rings. The van der Waals surface area contributed by atoms with Crippen LogP contribution in [0.1, 0.15) is 17.4 Å². The number of nitro benzene ring substituents is 1. The average Bonchev–Trinajstić information content (AvgIpc) is 3.19. The molecule has 0 aliphatic carbocycles. The lowest BCUT2D eigenvalue weighted by molar-refractivity contribution is -0.383. The molecule has 3 aromatic rings. The van der Waals surface area contributed by atoms with Gasteiger partial charge in [-0.2, -0.15) is 0 Å². The molecule has 0 spiro atoms. The van der Waals surface area contributed by atoms with E-state index in [1.807, 2.05) is 0 Å². The molecule has 11 heteroatoms. The Morgan fingerprint density at radius 3 is 2.64 bits per heavy atom. The molecule has 0 aliphatic heterocycles. The van der Waals surface area contributed by atoms with E-state index in [9.17, 15) is 19.7 Å². The molecule has 2 aromatic heterocycles. The van der Waals surface area contributed by atoms with Crippen LogP contribution in [-0.2, 0) is 9.53 Å². The van der Waals surface area contributed by atoms with E-state index in [1.165, 1.54) is 30.5 Å². The Balaban J connectivity index is 1.65. The summed E-state index contributed by atoms with van der Waals surface area (Å²) in [4.78, 5) is 47.1. The topological polar surface area (TPSA) is 137 Å². The highest BCUT2D eigenvalue weighted by atomic mass is 32.1. The highest BCUT2D eigenvalue weighted by Gasteiger charge is 2.23. The Morgan fingerprint density at radius 1 is 1.21 bits per heavy atom. The largest absolute Gasteiger partial charge is 0.448 e. The van der Waals surface area contributed by atoms with E-state index in [1.54, 1.807) is 24.5 Å². The SMILES string of the molecule is C[C@H](OC(=O)c1csc(-c2ncccn2)n1)C(=O)Nc1ccccc1[N+](=O)[O-]. The van der Waals surface area contributed by atoms with Crippen molar-refractivity contribution in [1.29, 1.82) is 0 Å². The van der Waals surface area contributed by atoms with Crippen LogP contribution >= 0.6 is 11.3 Å². The summed E-state index contributed by atoms with van der Waals surface area (Å²) in [5.74, 6) is -1.14. The monoisotopic (exact) mass is 399 g/mol. The van der Waals surface area contributed by atoms with Crippen LogP contribution in [-0.4, -0.2) is 37.9 Å². The highest BCUT2D eigenvalue weighted by Crippen LogP contribution is 2.24. The smallest absolute Gasteiger partial charge is 0.358 e. The number of aromatic nitrogens is 3. The summed E-state index contributed by atoms with van der Waals surface area (Å²) in [6, 6.07) is 7.32. The lowest BCUT2D eigenvalue weighted by atomic mass is 10.2. The molecule has 0 fully saturated rings. The predicted molar refractivity (Wildman–Crippen MR) is 99.7 cm³/mol. The zero-order valence-corrected chi connectivity index (χ0v) is 15.3. The first-order valence-corrected chi connectivity index (χ1v) is 8.82. The van der Waals surface area contributed by atoms with E-state index < -0.39 is 22.9 Å². The van der Waals surface area contributed by atoms with Gasteiger partial charge in [-0.05, 0) is 19.1 Å². The van der Waals surface area contributed by atoms with Gasteiger partial charge in [-0.15, -0.1) is 11.3 Å². The molecule has 1 amide bonds. The van der Waals surface area contributed by atoms with Crippen molar-refractivity contribution in [1.82, 2.24) is 15.0 Å². The van der Waals surface area contributed by atoms with Gasteiger partial charge < -0.3 is 10.1 Å². The van der Waals surface area contributed by atoms with E-state index in [4.69, 9.17) is 4.74 Å². The Kier molecular flexibility index (Phi) is 5.65. The number of carbonyl (C=O) groups excluding carboxylic acids is 2. The number of nitro groups is 1. The molecule has 1 N–H and O–H groups in total. The molecule has 0 unspecified atom stereocenters. The molecular formula is C17H13N5O5S. The third-order valence-corrected chi connectivity index (χ3v) is 4.32. The van der Waals surface area contributed by atoms with Crippen molar-refractivity contribution in [3.8, 4) is 10.8 Å². The first kappa shape index (κ1) is 19.0. The molecule has 2 heterocycles. The summed E-state index contributed by atoms with van der Waals surface area (Å²) < 4.78 is 5.10. The minimum Gasteiger partial charge on any atom is -0.448 e. The van der Waals surface area contributed by atoms with Crippen LogP contribution in [0.25, 0.3) is 10.8 Å². The van der Waals surface area contributed by atoms with E-state index in [-0.39, 0.29) is 17.1 Å². The molecule has 28 heavy (non-hydrogen) atoms. The second-order valence-electron chi connectivity index (χ2n) is 5.42. The van der Waals surface area contributed by atoms with Crippen LogP contribution in [0.2, 0.25) is 0 Å². The van der Waals surface area contributed by atoms with Crippen LogP contribution in [0.4, 0.5) is 11.4 Å². The molecular weight excluding hydrogens is 386 g/mol. The number of nitrogens with one attached hydrogen (secondary N) is 1. The van der Waals surface area contributed by atoms with Crippen molar-refractivity contribution in [2.24, 2.45) is 0 Å². The summed E-state index contributed by atoms with van der Waals surface area (Å²) in [5, 5.41) is 15.3. The van der Waals surface area contributed by atoms with Gasteiger partial charge in [-0.1, -0.05) is 12.1 Å². The molecule has 0 bridgehead atoms. The lowest BCUT2D eigenvalue weighted by Gasteiger charge is -2.12. The van der Waals surface area contributed by atoms with Crippen molar-refractivity contribution in [3.05, 3.63) is 63.9 Å². The Bertz CT molecular complexity index is 1020. The molecule has 142 valence electrons. The number of thiazole rings is 1. The number of rotatable bonds is 6. The van der Waals surface area contributed by atoms with E-state index in [0.717, 1.165) is 11.3 Å². The van der Waals surface area contributed by atoms with Gasteiger partial charge >= 0.3 is 5.97 Å². The summed E-state index contributed by atoms with van der Waals surface area (Å²) in [6.45, 7) is 1.36. The number of benzene rings is 1. The summed E-state index contributed by atoms with van der Waals surface area (Å²) in [5.41, 5.74) is -0.239. The fourth-order valence-corrected chi connectivity index (χ4v) is 2.86. The van der Waals surface area contributed by atoms with Gasteiger partial charge in [0.25, 0.3) is 11.6 Å². The maximum Gasteiger partial charge on any atom is 0.358 e. The number of nitrogens with zero attached hydrogens (tertiary/aromatic N) is 4. The van der Waals surface area contributed by atoms with Crippen molar-refractivity contribution >= 4 is 34.6 Å². The minimum atomic E-state index is -1.19. The van der Waals surface area contributed by atoms with E-state index in [0.29, 0.717) is 10.8 Å². The molecule has 10 nitrogen and oxygen atoms in total. The summed E-state index contributed by atoms with van der Waals surface area (Å²) in [7, 11) is 0. The van der Waals surface area contributed by atoms with Crippen LogP contribution in [0.5, 0.6) is 0 Å². The van der Waals surface area contributed by atoms with Gasteiger partial charge in [-0.25, -0.2) is 19.7 Å². The number of hydrogen-bond acceptors (Lipinski definition) is 9. The van der Waals surface area contributed by atoms with Crippen molar-refractivity contribution in [3.63, 3.8) is 0 Å². The molecule has 1 atom stereocenters. The van der Waals surface area contributed by atoms with E-state index >= 15 is 0 Å². The van der Waals surface area contributed by atoms with Gasteiger partial charge in [0.1, 0.15) is 5.69 Å². The van der Waals surface area contributed by atoms with Gasteiger partial charge in [0, 0.05) is 23.8 Å². The van der Waals surface area contributed by atoms with Crippen LogP contribution in [0, 0.1) is 10.1 Å². The molecule has 0 saturated carbocycles. The summed E-state index contributed by atoms with van der Waals surface area (Å²) >= 11 is 1.16. The van der Waals surface area contributed by atoms with E-state index in [2.05, 4.69) is 20.3 Å². The highest BCUT2D eigenvalue weighted by molar-refractivity contribution is 7.13. The average molecular weight is 399 g/mol. The Hall–Kier alpha value is -3.73. The number of hydrogen-bond donors (Lipinski definition) is 1. The predicted octanol–water partition coefficient (Wildman–Crippen LogP) is 2.69. The maximum absolute atomic E-state index is 12.2. The summed E-state index contributed by atoms with van der Waals surface area (Å²) in [6.07, 6.45) is 1.92. The van der Waals surface area contributed by atoms with Crippen LogP contribution in [0.15, 0.2) is 48.1 Å². The number of anilines is 1. The van der Waals surface area contributed by atoms with Crippen LogP contribution < -0.4 is 5.32 Å². The first-order valence-electron chi connectivity index (χ1n) is 7.94. The third kappa shape index (κ3) is 4.32. The fourth-order valence-electron chi connectivity index (χ4n) is 2.13. The molecule has 0 saturated heterocycles. The minimum absolute atomic E-state index is 0.0116. The van der Waals surface area contributed by atoms with Gasteiger partial charge in [0.2, 0.25) is 0 Å². The molecule has 3 rings (SSSR count). The zero-order chi connectivity index (χ0) is 20.1.